The van der Waals surface area contributed by atoms with Crippen LogP contribution in [0.5, 0.6) is 0 Å². The first kappa shape index (κ1) is 7.98. The normalized spacial score (nSPS) is 8.82. The zero-order valence-electron chi connectivity index (χ0n) is 6.11. The highest BCUT2D eigenvalue weighted by Gasteiger charge is 1.94. The lowest BCUT2D eigenvalue weighted by Gasteiger charge is -1.91. The van der Waals surface area contributed by atoms with E-state index in [2.05, 4.69) is 10.0 Å². The van der Waals surface area contributed by atoms with E-state index in [1.165, 1.54) is 4.90 Å². The second kappa shape index (κ2) is 3.91. The first-order valence-electron chi connectivity index (χ1n) is 3.08. The maximum atomic E-state index is 6.49. The van der Waals surface area contributed by atoms with Gasteiger partial charge in [0.1, 0.15) is 5.53 Å². The molecule has 4 heteroatoms. The van der Waals surface area contributed by atoms with Gasteiger partial charge < -0.3 is 0 Å². The van der Waals surface area contributed by atoms with Crippen LogP contribution in [0.2, 0.25) is 0 Å². The van der Waals surface area contributed by atoms with Gasteiger partial charge in [-0.2, -0.15) is 0 Å². The van der Waals surface area contributed by atoms with Crippen LogP contribution in [0.25, 0.3) is 0 Å². The molecule has 0 aliphatic heterocycles. The summed E-state index contributed by atoms with van der Waals surface area (Å²) in [5.41, 5.74) is 7.21. The standard InChI is InChI=1S/C7H8N3S/c1-11-7-4-2-6(3-5-7)9-10-8/h2-5,8H,1H3/q+1. The van der Waals surface area contributed by atoms with Crippen LogP contribution in [-0.4, -0.2) is 6.26 Å². The van der Waals surface area contributed by atoms with Crippen molar-refractivity contribution in [1.82, 2.24) is 4.91 Å². The lowest BCUT2D eigenvalue weighted by atomic mass is 10.3. The number of nitrogens with one attached hydrogen (secondary N) is 1. The van der Waals surface area contributed by atoms with Crippen LogP contribution in [0.4, 0.5) is 5.69 Å². The molecule has 0 amide bonds. The highest BCUT2D eigenvalue weighted by atomic mass is 32.2. The lowest BCUT2D eigenvalue weighted by Crippen LogP contribution is -1.67. The maximum absolute atomic E-state index is 6.49. The molecule has 0 saturated heterocycles. The Kier molecular flexibility index (Phi) is 2.83. The van der Waals surface area contributed by atoms with Crippen molar-refractivity contribution in [3.63, 3.8) is 0 Å². The molecule has 0 aliphatic carbocycles. The van der Waals surface area contributed by atoms with Crippen molar-refractivity contribution in [2.45, 2.75) is 4.90 Å². The third kappa shape index (κ3) is 2.18. The summed E-state index contributed by atoms with van der Waals surface area (Å²) in [5.74, 6) is 0. The lowest BCUT2D eigenvalue weighted by molar-refractivity contribution is 0.991. The average molecular weight is 166 g/mol. The minimum atomic E-state index is 0.720. The Bertz CT molecular complexity index is 274. The topological polar surface area (TPSA) is 50.3 Å². The van der Waals surface area contributed by atoms with Gasteiger partial charge in [0.15, 0.2) is 10.8 Å². The van der Waals surface area contributed by atoms with E-state index in [1.807, 2.05) is 30.5 Å². The van der Waals surface area contributed by atoms with Crippen molar-refractivity contribution >= 4 is 17.4 Å². The molecule has 0 aliphatic rings. The molecular weight excluding hydrogens is 158 g/mol. The van der Waals surface area contributed by atoms with Gasteiger partial charge in [0.05, 0.1) is 0 Å². The summed E-state index contributed by atoms with van der Waals surface area (Å²) in [6.45, 7) is 0. The van der Waals surface area contributed by atoms with Crippen LogP contribution in [0.3, 0.4) is 0 Å². The minimum Gasteiger partial charge on any atom is -0.130 e. The van der Waals surface area contributed by atoms with Crippen LogP contribution in [0.1, 0.15) is 0 Å². The third-order valence-electron chi connectivity index (χ3n) is 1.24. The minimum absolute atomic E-state index is 0.720. The summed E-state index contributed by atoms with van der Waals surface area (Å²) in [6, 6.07) is 7.58. The Balaban J connectivity index is 2.91. The number of nitrogens with zero attached hydrogens (tertiary/aromatic N) is 2. The van der Waals surface area contributed by atoms with Crippen molar-refractivity contribution in [1.29, 1.82) is 5.53 Å². The van der Waals surface area contributed by atoms with Crippen molar-refractivity contribution < 1.29 is 0 Å². The SMILES string of the molecule is CSc1ccc(N=[N+]=N)cc1. The number of benzene rings is 1. The molecule has 0 atom stereocenters. The van der Waals surface area contributed by atoms with Crippen molar-refractivity contribution in [2.75, 3.05) is 6.26 Å². The second-order valence-corrected chi connectivity index (χ2v) is 2.78. The molecule has 0 radical (unpaired) electrons. The maximum Gasteiger partial charge on any atom is 0.220 e. The van der Waals surface area contributed by atoms with Gasteiger partial charge in [-0.25, -0.2) is 0 Å². The van der Waals surface area contributed by atoms with Crippen LogP contribution >= 0.6 is 11.8 Å². The van der Waals surface area contributed by atoms with Gasteiger partial charge >= 0.3 is 0 Å². The third-order valence-corrected chi connectivity index (χ3v) is 1.98. The number of rotatable bonds is 2. The van der Waals surface area contributed by atoms with Crippen LogP contribution < -0.4 is 4.91 Å². The predicted molar refractivity (Wildman–Crippen MR) is 45.2 cm³/mol. The Hall–Kier alpha value is -1.12. The van der Waals surface area contributed by atoms with Gasteiger partial charge in [-0.05, 0) is 30.5 Å². The van der Waals surface area contributed by atoms with Crippen molar-refractivity contribution in [3.05, 3.63) is 24.3 Å². The van der Waals surface area contributed by atoms with Crippen LogP contribution in [0.15, 0.2) is 34.3 Å². The molecule has 11 heavy (non-hydrogen) atoms. The molecule has 3 nitrogen and oxygen atoms in total. The fraction of sp³-hybridized carbons (Fsp3) is 0.143. The quantitative estimate of drug-likeness (QED) is 0.409. The first-order valence-corrected chi connectivity index (χ1v) is 4.31. The van der Waals surface area contributed by atoms with Gasteiger partial charge in [0, 0.05) is 4.90 Å². The van der Waals surface area contributed by atoms with Crippen molar-refractivity contribution in [3.8, 4) is 0 Å². The zero-order chi connectivity index (χ0) is 8.10. The monoisotopic (exact) mass is 166 g/mol. The van der Waals surface area contributed by atoms with E-state index in [1.54, 1.807) is 11.8 Å². The molecule has 1 aromatic carbocycles. The summed E-state index contributed by atoms with van der Waals surface area (Å²) in [6.07, 6.45) is 2.01. The molecule has 0 spiro atoms. The summed E-state index contributed by atoms with van der Waals surface area (Å²) < 4.78 is 0. The molecule has 56 valence electrons. The fourth-order valence-corrected chi connectivity index (χ4v) is 1.11. The number of thioether (sulfide) groups is 1. The Morgan fingerprint density at radius 3 is 2.45 bits per heavy atom. The second-order valence-electron chi connectivity index (χ2n) is 1.90. The fourth-order valence-electron chi connectivity index (χ4n) is 0.707. The number of hydrogen-bond acceptors (Lipinski definition) is 3. The van der Waals surface area contributed by atoms with Gasteiger partial charge in [-0.3, -0.25) is 0 Å². The Labute approximate surface area is 69.1 Å². The molecule has 0 bridgehead atoms. The summed E-state index contributed by atoms with van der Waals surface area (Å²) in [5, 5.41) is 3.56. The summed E-state index contributed by atoms with van der Waals surface area (Å²) in [7, 11) is 0. The molecule has 0 aromatic heterocycles. The Morgan fingerprint density at radius 2 is 2.00 bits per heavy atom. The summed E-state index contributed by atoms with van der Waals surface area (Å²) >= 11 is 1.68. The average Bonchev–Trinajstić information content (AvgIpc) is 2.07. The van der Waals surface area contributed by atoms with E-state index in [4.69, 9.17) is 5.53 Å². The van der Waals surface area contributed by atoms with Gasteiger partial charge in [-0.1, -0.05) is 0 Å². The highest BCUT2D eigenvalue weighted by Crippen LogP contribution is 2.18. The van der Waals surface area contributed by atoms with E-state index in [0.29, 0.717) is 0 Å². The van der Waals surface area contributed by atoms with E-state index >= 15 is 0 Å². The van der Waals surface area contributed by atoms with Gasteiger partial charge in [0.2, 0.25) is 4.91 Å². The van der Waals surface area contributed by atoms with E-state index in [0.717, 1.165) is 5.69 Å². The highest BCUT2D eigenvalue weighted by molar-refractivity contribution is 7.98. The van der Waals surface area contributed by atoms with Crippen LogP contribution in [0, 0.1) is 5.53 Å². The summed E-state index contributed by atoms with van der Waals surface area (Å²) in [4.78, 5) is 4.12. The molecular formula is C7H8N3S+. The molecule has 1 N–H and O–H groups in total. The largest absolute Gasteiger partial charge is 0.220 e. The molecule has 0 heterocycles. The zero-order valence-corrected chi connectivity index (χ0v) is 6.93. The first-order chi connectivity index (χ1) is 5.36. The molecule has 1 rings (SSSR count). The molecule has 0 saturated carbocycles. The van der Waals surface area contributed by atoms with Crippen molar-refractivity contribution in [2.24, 2.45) is 5.11 Å². The smallest absolute Gasteiger partial charge is 0.130 e. The van der Waals surface area contributed by atoms with Crippen LogP contribution in [-0.2, 0) is 0 Å². The van der Waals surface area contributed by atoms with Gasteiger partial charge in [0.25, 0.3) is 0 Å². The number of hydrogen-bond donors (Lipinski definition) is 1. The van der Waals surface area contributed by atoms with E-state index in [9.17, 15) is 0 Å². The molecule has 1 aromatic rings. The Morgan fingerprint density at radius 1 is 1.36 bits per heavy atom. The van der Waals surface area contributed by atoms with E-state index < -0.39 is 0 Å². The predicted octanol–water partition coefficient (Wildman–Crippen LogP) is 2.59. The molecule has 0 unspecified atom stereocenters. The van der Waals surface area contributed by atoms with E-state index in [-0.39, 0.29) is 0 Å². The molecule has 0 fully saturated rings. The van der Waals surface area contributed by atoms with Gasteiger partial charge in [-0.15, -0.1) is 11.8 Å².